The number of methoxy groups -OCH3 is 1. The van der Waals surface area contributed by atoms with Crippen LogP contribution in [0.3, 0.4) is 0 Å². The van der Waals surface area contributed by atoms with Gasteiger partial charge in [0.2, 0.25) is 0 Å². The van der Waals surface area contributed by atoms with Crippen molar-refractivity contribution in [3.63, 3.8) is 0 Å². The van der Waals surface area contributed by atoms with Gasteiger partial charge in [-0.15, -0.1) is 0 Å². The molecule has 144 valence electrons. The van der Waals surface area contributed by atoms with Crippen LogP contribution in [0, 0.1) is 11.6 Å². The lowest BCUT2D eigenvalue weighted by Gasteiger charge is -2.38. The molecule has 2 heterocycles. The van der Waals surface area contributed by atoms with Crippen molar-refractivity contribution in [1.29, 1.82) is 0 Å². The number of benzene rings is 2. The molecule has 0 N–H and O–H groups in total. The summed E-state index contributed by atoms with van der Waals surface area (Å²) >= 11 is 5.73. The maximum absolute atomic E-state index is 14.3. The molecule has 2 atom stereocenters. The smallest absolute Gasteiger partial charge is 0.151 e. The van der Waals surface area contributed by atoms with E-state index < -0.39 is 11.6 Å². The van der Waals surface area contributed by atoms with Crippen LogP contribution in [0.2, 0.25) is 5.02 Å². The van der Waals surface area contributed by atoms with Gasteiger partial charge in [0.05, 0.1) is 20.3 Å². The van der Waals surface area contributed by atoms with Gasteiger partial charge < -0.3 is 19.1 Å². The second-order valence-corrected chi connectivity index (χ2v) is 7.35. The van der Waals surface area contributed by atoms with Crippen molar-refractivity contribution in [2.75, 3.05) is 31.7 Å². The molecule has 2 fully saturated rings. The fourth-order valence-electron chi connectivity index (χ4n) is 3.53. The maximum Gasteiger partial charge on any atom is 0.151 e. The molecule has 0 aliphatic carbocycles. The number of hydrogen-bond donors (Lipinski definition) is 0. The van der Waals surface area contributed by atoms with Crippen LogP contribution in [0.25, 0.3) is 0 Å². The topological polar surface area (TPSA) is 34.2 Å². The van der Waals surface area contributed by atoms with Crippen LogP contribution in [-0.2, 0) is 16.1 Å². The minimum atomic E-state index is -0.665. The zero-order valence-electron chi connectivity index (χ0n) is 14.9. The number of anilines is 1. The van der Waals surface area contributed by atoms with Gasteiger partial charge in [-0.3, -0.25) is 0 Å². The molecule has 1 spiro atoms. The van der Waals surface area contributed by atoms with E-state index in [9.17, 15) is 8.78 Å². The number of epoxide rings is 1. The van der Waals surface area contributed by atoms with Crippen LogP contribution >= 0.6 is 11.6 Å². The minimum absolute atomic E-state index is 0.0417. The van der Waals surface area contributed by atoms with Crippen molar-refractivity contribution in [2.24, 2.45) is 0 Å². The third kappa shape index (κ3) is 3.74. The molecule has 2 aliphatic heterocycles. The molecule has 0 radical (unpaired) electrons. The number of ether oxygens (including phenoxy) is 3. The van der Waals surface area contributed by atoms with Crippen LogP contribution in [0.1, 0.15) is 12.0 Å². The highest BCUT2D eigenvalue weighted by Gasteiger charge is 2.55. The van der Waals surface area contributed by atoms with E-state index in [-0.39, 0.29) is 22.4 Å². The van der Waals surface area contributed by atoms with Crippen LogP contribution in [0.5, 0.6) is 5.75 Å². The summed E-state index contributed by atoms with van der Waals surface area (Å²) in [4.78, 5) is 1.67. The van der Waals surface area contributed by atoms with Crippen LogP contribution in [0.15, 0.2) is 36.4 Å². The summed E-state index contributed by atoms with van der Waals surface area (Å²) in [5, 5.41) is 0.0417. The third-order valence-corrected chi connectivity index (χ3v) is 5.42. The van der Waals surface area contributed by atoms with Crippen LogP contribution < -0.4 is 9.64 Å². The fraction of sp³-hybridized carbons (Fsp3) is 0.400. The number of nitrogens with zero attached hydrogens (tertiary/aromatic N) is 1. The Bertz CT molecular complexity index is 803. The lowest BCUT2D eigenvalue weighted by molar-refractivity contribution is -0.0213. The zero-order chi connectivity index (χ0) is 19.0. The number of piperidine rings is 1. The summed E-state index contributed by atoms with van der Waals surface area (Å²) in [5.41, 5.74) is 0.586. The van der Waals surface area contributed by atoms with Crippen LogP contribution in [-0.4, -0.2) is 38.5 Å². The van der Waals surface area contributed by atoms with Crippen LogP contribution in [0.4, 0.5) is 14.5 Å². The first-order valence-corrected chi connectivity index (χ1v) is 9.16. The maximum atomic E-state index is 14.3. The van der Waals surface area contributed by atoms with Gasteiger partial charge in [0.25, 0.3) is 0 Å². The molecule has 27 heavy (non-hydrogen) atoms. The van der Waals surface area contributed by atoms with Crippen molar-refractivity contribution in [3.8, 4) is 5.75 Å². The molecule has 2 aromatic rings. The van der Waals surface area contributed by atoms with Gasteiger partial charge in [-0.2, -0.15) is 0 Å². The molecule has 2 aliphatic rings. The largest absolute Gasteiger partial charge is 0.497 e. The van der Waals surface area contributed by atoms with Crippen molar-refractivity contribution >= 4 is 17.3 Å². The van der Waals surface area contributed by atoms with E-state index in [0.717, 1.165) is 23.4 Å². The first-order valence-electron chi connectivity index (χ1n) is 8.79. The summed E-state index contributed by atoms with van der Waals surface area (Å²) in [6.07, 6.45) is 0.379. The monoisotopic (exact) mass is 395 g/mol. The average Bonchev–Trinajstić information content (AvgIpc) is 3.42. The molecule has 2 aromatic carbocycles. The van der Waals surface area contributed by atoms with Crippen molar-refractivity contribution < 1.29 is 23.0 Å². The molecular formula is C20H20ClF2NO3. The van der Waals surface area contributed by atoms with Gasteiger partial charge in [0, 0.05) is 18.1 Å². The quantitative estimate of drug-likeness (QED) is 0.711. The summed E-state index contributed by atoms with van der Waals surface area (Å²) in [5.74, 6) is -0.554. The second-order valence-electron chi connectivity index (χ2n) is 6.92. The van der Waals surface area contributed by atoms with E-state index >= 15 is 0 Å². The third-order valence-electron chi connectivity index (χ3n) is 5.20. The van der Waals surface area contributed by atoms with Gasteiger partial charge >= 0.3 is 0 Å². The van der Waals surface area contributed by atoms with Crippen molar-refractivity contribution in [1.82, 2.24) is 0 Å². The predicted molar refractivity (Wildman–Crippen MR) is 98.5 cm³/mol. The Morgan fingerprint density at radius 2 is 1.89 bits per heavy atom. The average molecular weight is 396 g/mol. The Morgan fingerprint density at radius 1 is 1.22 bits per heavy atom. The van der Waals surface area contributed by atoms with Gasteiger partial charge in [-0.25, -0.2) is 8.78 Å². The first-order chi connectivity index (χ1) is 13.0. The molecule has 7 heteroatoms. The second kappa shape index (κ2) is 7.26. The Morgan fingerprint density at radius 3 is 2.48 bits per heavy atom. The Balaban J connectivity index is 1.48. The van der Waals surface area contributed by atoms with E-state index in [1.807, 2.05) is 24.3 Å². The summed E-state index contributed by atoms with van der Waals surface area (Å²) in [7, 11) is 1.62. The molecule has 4 nitrogen and oxygen atoms in total. The highest BCUT2D eigenvalue weighted by molar-refractivity contribution is 6.30. The predicted octanol–water partition coefficient (Wildman–Crippen LogP) is 4.19. The number of halogens is 3. The molecule has 0 aromatic heterocycles. The first kappa shape index (κ1) is 18.5. The van der Waals surface area contributed by atoms with E-state index in [0.29, 0.717) is 32.7 Å². The molecule has 2 saturated heterocycles. The zero-order valence-corrected chi connectivity index (χ0v) is 15.6. The van der Waals surface area contributed by atoms with Crippen molar-refractivity contribution in [3.05, 3.63) is 58.6 Å². The molecule has 0 bridgehead atoms. The van der Waals surface area contributed by atoms with E-state index in [1.165, 1.54) is 0 Å². The molecular weight excluding hydrogens is 376 g/mol. The highest BCUT2D eigenvalue weighted by Crippen LogP contribution is 2.42. The normalized spacial score (nSPS) is 24.3. The number of rotatable bonds is 5. The lowest BCUT2D eigenvalue weighted by atomic mass is 9.93. The molecule has 2 unspecified atom stereocenters. The standard InChI is InChI=1S/C20H20ClF2NO3/c1-25-15-4-2-13(3-5-15)11-26-18-10-24(7-6-20(18)12-27-20)19-16(22)8-14(21)9-17(19)23/h2-5,8-9,18H,6-7,10-12H2,1H3. The van der Waals surface area contributed by atoms with E-state index in [1.54, 1.807) is 12.0 Å². The van der Waals surface area contributed by atoms with E-state index in [2.05, 4.69) is 0 Å². The summed E-state index contributed by atoms with van der Waals surface area (Å²) < 4.78 is 45.5. The Labute approximate surface area is 161 Å². The molecule has 0 amide bonds. The van der Waals surface area contributed by atoms with Gasteiger partial charge in [-0.05, 0) is 36.2 Å². The minimum Gasteiger partial charge on any atom is -0.497 e. The summed E-state index contributed by atoms with van der Waals surface area (Å²) in [6.45, 7) is 1.85. The highest BCUT2D eigenvalue weighted by atomic mass is 35.5. The van der Waals surface area contributed by atoms with Gasteiger partial charge in [0.1, 0.15) is 23.1 Å². The number of hydrogen-bond acceptors (Lipinski definition) is 4. The SMILES string of the molecule is COc1ccc(COC2CN(c3c(F)cc(Cl)cc3F)CCC23CO3)cc1. The summed E-state index contributed by atoms with van der Waals surface area (Å²) in [6, 6.07) is 9.86. The van der Waals surface area contributed by atoms with Crippen molar-refractivity contribution in [2.45, 2.75) is 24.7 Å². The van der Waals surface area contributed by atoms with Gasteiger partial charge in [0.15, 0.2) is 11.6 Å². The lowest BCUT2D eigenvalue weighted by Crippen LogP contribution is -2.50. The van der Waals surface area contributed by atoms with E-state index in [4.69, 9.17) is 25.8 Å². The Kier molecular flexibility index (Phi) is 4.97. The Hall–Kier alpha value is -1.89. The molecule has 4 rings (SSSR count). The fourth-order valence-corrected chi connectivity index (χ4v) is 3.72. The van der Waals surface area contributed by atoms with Gasteiger partial charge in [-0.1, -0.05) is 23.7 Å². The molecule has 0 saturated carbocycles.